The Morgan fingerprint density at radius 2 is 1.73 bits per heavy atom. The number of sulfonamides is 1. The molecule has 2 aromatic heterocycles. The summed E-state index contributed by atoms with van der Waals surface area (Å²) in [5, 5.41) is 4.86. The fraction of sp³-hybridized carbons (Fsp3) is 0.370. The predicted molar refractivity (Wildman–Crippen MR) is 156 cm³/mol. The van der Waals surface area contributed by atoms with Crippen LogP contribution in [0.3, 0.4) is 0 Å². The average molecular weight is 603 g/mol. The number of nitrogens with one attached hydrogen (secondary N) is 1. The lowest BCUT2D eigenvalue weighted by Crippen LogP contribution is -2.52. The number of anilines is 2. The summed E-state index contributed by atoms with van der Waals surface area (Å²) in [5.41, 5.74) is 7.72. The number of nitrogens with zero attached hydrogens (tertiary/aromatic N) is 4. The summed E-state index contributed by atoms with van der Waals surface area (Å²) in [7, 11) is -3.74. The van der Waals surface area contributed by atoms with Gasteiger partial charge in [0.2, 0.25) is 5.91 Å². The summed E-state index contributed by atoms with van der Waals surface area (Å²) in [4.78, 5) is 33.8. The third-order valence-electron chi connectivity index (χ3n) is 7.27. The van der Waals surface area contributed by atoms with E-state index in [9.17, 15) is 18.0 Å². The number of halogens is 1. The van der Waals surface area contributed by atoms with Crippen molar-refractivity contribution in [3.63, 3.8) is 0 Å². The Hall–Kier alpha value is -3.03. The van der Waals surface area contributed by atoms with Gasteiger partial charge in [-0.2, -0.15) is 4.31 Å². The number of rotatable bonds is 7. The molecule has 10 nitrogen and oxygen atoms in total. The summed E-state index contributed by atoms with van der Waals surface area (Å²) >= 11 is 6.93. The van der Waals surface area contributed by atoms with Crippen LogP contribution in [-0.2, 0) is 21.4 Å². The van der Waals surface area contributed by atoms with Crippen LogP contribution in [0, 0.1) is 5.92 Å². The number of hydrogen-bond donors (Lipinski definition) is 2. The van der Waals surface area contributed by atoms with Crippen LogP contribution in [0.15, 0.2) is 58.3 Å². The van der Waals surface area contributed by atoms with Crippen LogP contribution in [-0.4, -0.2) is 78.6 Å². The molecule has 0 atom stereocenters. The maximum atomic E-state index is 13.3. The number of nitrogen functional groups attached to an aromatic ring is 1. The number of nitrogens with two attached hydrogens (primary N) is 1. The van der Waals surface area contributed by atoms with E-state index in [0.717, 1.165) is 49.4 Å². The lowest BCUT2D eigenvalue weighted by Gasteiger charge is -2.38. The lowest BCUT2D eigenvalue weighted by atomic mass is 9.94. The fourth-order valence-electron chi connectivity index (χ4n) is 5.05. The minimum Gasteiger partial charge on any atom is -0.384 e. The van der Waals surface area contributed by atoms with Gasteiger partial charge in [0.15, 0.2) is 0 Å². The van der Waals surface area contributed by atoms with Gasteiger partial charge >= 0.3 is 0 Å². The van der Waals surface area contributed by atoms with Crippen molar-refractivity contribution in [2.75, 3.05) is 50.3 Å². The highest BCUT2D eigenvalue weighted by Gasteiger charge is 2.34. The van der Waals surface area contributed by atoms with Gasteiger partial charge in [-0.15, -0.1) is 11.3 Å². The molecular formula is C27H31ClN6O4S2. The monoisotopic (exact) mass is 602 g/mol. The van der Waals surface area contributed by atoms with E-state index in [4.69, 9.17) is 17.3 Å². The van der Waals surface area contributed by atoms with E-state index < -0.39 is 10.0 Å². The Balaban J connectivity index is 1.11. The highest BCUT2D eigenvalue weighted by molar-refractivity contribution is 7.91. The highest BCUT2D eigenvalue weighted by atomic mass is 35.5. The highest BCUT2D eigenvalue weighted by Crippen LogP contribution is 2.29. The Labute approximate surface area is 242 Å². The molecule has 5 rings (SSSR count). The van der Waals surface area contributed by atoms with E-state index in [-0.39, 0.29) is 35.0 Å². The van der Waals surface area contributed by atoms with Crippen LogP contribution >= 0.6 is 22.9 Å². The smallest absolute Gasteiger partial charge is 0.255 e. The van der Waals surface area contributed by atoms with Crippen molar-refractivity contribution in [1.82, 2.24) is 19.1 Å². The van der Waals surface area contributed by atoms with Crippen LogP contribution in [0.25, 0.3) is 0 Å². The van der Waals surface area contributed by atoms with Crippen molar-refractivity contribution in [3.8, 4) is 0 Å². The number of amides is 2. The molecule has 0 spiro atoms. The zero-order chi connectivity index (χ0) is 28.3. The zero-order valence-corrected chi connectivity index (χ0v) is 24.2. The number of aromatic nitrogens is 1. The molecule has 3 aromatic rings. The maximum Gasteiger partial charge on any atom is 0.255 e. The molecule has 2 amide bonds. The third-order valence-corrected chi connectivity index (χ3v) is 10.8. The summed E-state index contributed by atoms with van der Waals surface area (Å²) < 4.78 is 28.1. The Kier molecular flexibility index (Phi) is 8.71. The minimum absolute atomic E-state index is 0.0500. The third kappa shape index (κ3) is 6.64. The molecule has 2 fully saturated rings. The molecule has 13 heteroatoms. The SMILES string of the molecule is Nc1cc(CN2CCC(C(=O)N3CCN(S(=O)(=O)c4cc(NC(=O)c5ccc(Cl)cc5)cs4)CC3)CC2)ccn1. The zero-order valence-electron chi connectivity index (χ0n) is 21.8. The van der Waals surface area contributed by atoms with Crippen LogP contribution < -0.4 is 11.1 Å². The van der Waals surface area contributed by atoms with Gasteiger partial charge < -0.3 is 16.0 Å². The largest absolute Gasteiger partial charge is 0.384 e. The van der Waals surface area contributed by atoms with Gasteiger partial charge in [0.1, 0.15) is 10.0 Å². The molecule has 0 radical (unpaired) electrons. The number of carbonyl (C=O) groups excluding carboxylic acids is 2. The molecule has 1 aromatic carbocycles. The molecule has 212 valence electrons. The molecule has 0 saturated carbocycles. The second kappa shape index (κ2) is 12.2. The van der Waals surface area contributed by atoms with Gasteiger partial charge in [-0.3, -0.25) is 14.5 Å². The van der Waals surface area contributed by atoms with Gasteiger partial charge in [0.25, 0.3) is 15.9 Å². The Morgan fingerprint density at radius 3 is 2.40 bits per heavy atom. The molecule has 0 bridgehead atoms. The molecule has 4 heterocycles. The number of hydrogen-bond acceptors (Lipinski definition) is 8. The Morgan fingerprint density at radius 1 is 1.02 bits per heavy atom. The Bertz CT molecular complexity index is 1460. The van der Waals surface area contributed by atoms with E-state index >= 15 is 0 Å². The molecule has 3 N–H and O–H groups in total. The summed E-state index contributed by atoms with van der Waals surface area (Å²) in [6.45, 7) is 3.62. The van der Waals surface area contributed by atoms with Gasteiger partial charge in [-0.1, -0.05) is 11.6 Å². The molecule has 40 heavy (non-hydrogen) atoms. The average Bonchev–Trinajstić information content (AvgIpc) is 3.43. The van der Waals surface area contributed by atoms with E-state index in [1.54, 1.807) is 40.7 Å². The first-order chi connectivity index (χ1) is 19.2. The molecule has 2 aliphatic heterocycles. The van der Waals surface area contributed by atoms with Gasteiger partial charge in [0, 0.05) is 60.8 Å². The van der Waals surface area contributed by atoms with Gasteiger partial charge in [-0.05, 0) is 74.0 Å². The predicted octanol–water partition coefficient (Wildman–Crippen LogP) is 3.38. The van der Waals surface area contributed by atoms with Crippen LogP contribution in [0.4, 0.5) is 11.5 Å². The second-order valence-corrected chi connectivity index (χ2v) is 13.5. The van der Waals surface area contributed by atoms with E-state index in [1.165, 1.54) is 10.4 Å². The van der Waals surface area contributed by atoms with Crippen molar-refractivity contribution >= 4 is 56.3 Å². The summed E-state index contributed by atoms with van der Waals surface area (Å²) in [6.07, 6.45) is 3.26. The normalized spacial score (nSPS) is 17.6. The number of piperazine rings is 1. The number of carbonyl (C=O) groups is 2. The van der Waals surface area contributed by atoms with Crippen LogP contribution in [0.5, 0.6) is 0 Å². The molecule has 2 aliphatic rings. The molecule has 2 saturated heterocycles. The lowest BCUT2D eigenvalue weighted by molar-refractivity contribution is -0.138. The number of benzene rings is 1. The van der Waals surface area contributed by atoms with Crippen LogP contribution in [0.2, 0.25) is 5.02 Å². The number of piperidine rings is 1. The first-order valence-corrected chi connectivity index (χ1v) is 15.8. The van der Waals surface area contributed by atoms with E-state index in [1.807, 2.05) is 12.1 Å². The summed E-state index contributed by atoms with van der Waals surface area (Å²) in [6, 6.07) is 11.7. The van der Waals surface area contributed by atoms with Crippen molar-refractivity contribution in [1.29, 1.82) is 0 Å². The molecular weight excluding hydrogens is 572 g/mol. The van der Waals surface area contributed by atoms with Gasteiger partial charge in [0.05, 0.1) is 5.69 Å². The number of thiophene rings is 1. The fourth-order valence-corrected chi connectivity index (χ4v) is 7.86. The first-order valence-electron chi connectivity index (χ1n) is 13.1. The molecule has 0 unspecified atom stereocenters. The van der Waals surface area contributed by atoms with Crippen molar-refractivity contribution in [2.24, 2.45) is 5.92 Å². The standard InChI is InChI=1S/C27H31ClN6O4S2/c28-22-3-1-20(2-4-22)26(35)31-23-16-25(39-18-23)40(37,38)34-13-11-33(12-14-34)27(36)21-6-9-32(10-7-21)17-19-5-8-30-24(29)15-19/h1-5,8,15-16,18,21H,6-7,9-14,17H2,(H2,29,30)(H,31,35). The number of likely N-dealkylation sites (tertiary alicyclic amines) is 1. The topological polar surface area (TPSA) is 129 Å². The minimum atomic E-state index is -3.74. The quantitative estimate of drug-likeness (QED) is 0.424. The second-order valence-electron chi connectivity index (χ2n) is 9.98. The number of pyridine rings is 1. The van der Waals surface area contributed by atoms with E-state index in [0.29, 0.717) is 35.2 Å². The van der Waals surface area contributed by atoms with Crippen molar-refractivity contribution < 1.29 is 18.0 Å². The van der Waals surface area contributed by atoms with Crippen molar-refractivity contribution in [3.05, 3.63) is 70.2 Å². The molecule has 0 aliphatic carbocycles. The first kappa shape index (κ1) is 28.5. The van der Waals surface area contributed by atoms with Crippen molar-refractivity contribution in [2.45, 2.75) is 23.6 Å². The maximum absolute atomic E-state index is 13.3. The summed E-state index contributed by atoms with van der Waals surface area (Å²) in [5.74, 6) is 0.210. The van der Waals surface area contributed by atoms with Crippen LogP contribution in [0.1, 0.15) is 28.8 Å². The van der Waals surface area contributed by atoms with E-state index in [2.05, 4.69) is 15.2 Å². The van der Waals surface area contributed by atoms with Gasteiger partial charge in [-0.25, -0.2) is 13.4 Å².